The number of piperidine rings is 1. The van der Waals surface area contributed by atoms with Crippen molar-refractivity contribution in [2.75, 3.05) is 33.4 Å². The lowest BCUT2D eigenvalue weighted by molar-refractivity contribution is -0.121. The molecule has 1 amide bonds. The van der Waals surface area contributed by atoms with Crippen LogP contribution in [0.15, 0.2) is 34.9 Å². The van der Waals surface area contributed by atoms with E-state index in [1.807, 2.05) is 12.1 Å². The molecule has 1 aliphatic heterocycles. The Bertz CT molecular complexity index is 723. The summed E-state index contributed by atoms with van der Waals surface area (Å²) in [5.74, 6) is 0.425. The van der Waals surface area contributed by atoms with Crippen LogP contribution in [0, 0.1) is 5.41 Å². The lowest BCUT2D eigenvalue weighted by Gasteiger charge is -2.37. The van der Waals surface area contributed by atoms with Crippen LogP contribution >= 0.6 is 24.0 Å². The third kappa shape index (κ3) is 5.94. The number of oxazole rings is 1. The molecule has 0 spiro atoms. The van der Waals surface area contributed by atoms with Gasteiger partial charge in [0.25, 0.3) is 0 Å². The third-order valence-electron chi connectivity index (χ3n) is 4.76. The van der Waals surface area contributed by atoms with Crippen molar-refractivity contribution in [3.8, 4) is 11.5 Å². The summed E-state index contributed by atoms with van der Waals surface area (Å²) in [5, 5.41) is 7.04. The van der Waals surface area contributed by atoms with Crippen LogP contribution in [0.1, 0.15) is 18.5 Å². The van der Waals surface area contributed by atoms with E-state index in [1.54, 1.807) is 19.2 Å². The van der Waals surface area contributed by atoms with Crippen LogP contribution in [0.25, 0.3) is 11.5 Å². The summed E-state index contributed by atoms with van der Waals surface area (Å²) in [6.45, 7) is 3.17. The fourth-order valence-corrected chi connectivity index (χ4v) is 3.39. The molecule has 1 aromatic carbocycles. The second-order valence-corrected chi connectivity index (χ2v) is 7.22. The number of methoxy groups -OCH3 is 1. The quantitative estimate of drug-likeness (QED) is 0.728. The van der Waals surface area contributed by atoms with Gasteiger partial charge in [0.1, 0.15) is 6.26 Å². The smallest absolute Gasteiger partial charge is 0.226 e. The van der Waals surface area contributed by atoms with Crippen molar-refractivity contribution < 1.29 is 13.9 Å². The highest BCUT2D eigenvalue weighted by molar-refractivity contribution is 6.30. The number of carbonyl (C=O) groups is 1. The van der Waals surface area contributed by atoms with E-state index < -0.39 is 0 Å². The van der Waals surface area contributed by atoms with Crippen molar-refractivity contribution in [2.45, 2.75) is 19.3 Å². The molecule has 1 aliphatic rings. The predicted octanol–water partition coefficient (Wildman–Crippen LogP) is 3.09. The van der Waals surface area contributed by atoms with Crippen LogP contribution in [0.5, 0.6) is 0 Å². The number of carbonyl (C=O) groups excluding carboxylic acids is 1. The molecule has 0 unspecified atom stereocenters. The van der Waals surface area contributed by atoms with Crippen molar-refractivity contribution >= 4 is 29.9 Å². The van der Waals surface area contributed by atoms with Gasteiger partial charge in [-0.05, 0) is 50.2 Å². The van der Waals surface area contributed by atoms with Crippen molar-refractivity contribution in [2.24, 2.45) is 5.41 Å². The molecule has 2 aromatic rings. The molecule has 2 N–H and O–H groups in total. The van der Waals surface area contributed by atoms with E-state index in [0.29, 0.717) is 29.8 Å². The van der Waals surface area contributed by atoms with Gasteiger partial charge < -0.3 is 19.8 Å². The van der Waals surface area contributed by atoms with Gasteiger partial charge in [0.05, 0.1) is 18.7 Å². The molecule has 3 rings (SSSR count). The Morgan fingerprint density at radius 1 is 1.33 bits per heavy atom. The molecule has 1 aromatic heterocycles. The van der Waals surface area contributed by atoms with Gasteiger partial charge in [-0.25, -0.2) is 4.98 Å². The third-order valence-corrected chi connectivity index (χ3v) is 5.01. The van der Waals surface area contributed by atoms with Crippen LogP contribution < -0.4 is 10.6 Å². The maximum Gasteiger partial charge on any atom is 0.226 e. The number of nitrogens with one attached hydrogen (secondary N) is 2. The Labute approximate surface area is 170 Å². The lowest BCUT2D eigenvalue weighted by atomic mass is 9.79. The molecule has 8 heteroatoms. The standard InChI is InChI=1S/C19H24ClN3O3.ClH/c1-25-13-19(6-8-21-9-7-19)12-22-17(24)10-16-11-26-18(23-16)14-2-4-15(20)5-3-14;/h2-5,11,21H,6-10,12-13H2,1H3,(H,22,24);1H. The van der Waals surface area contributed by atoms with E-state index in [1.165, 1.54) is 6.26 Å². The monoisotopic (exact) mass is 413 g/mol. The SMILES string of the molecule is COCC1(CNC(=O)Cc2coc(-c3ccc(Cl)cc3)n2)CCNCC1.Cl. The Balaban J connectivity index is 0.00000261. The van der Waals surface area contributed by atoms with Crippen molar-refractivity contribution in [1.29, 1.82) is 0 Å². The van der Waals surface area contributed by atoms with E-state index in [9.17, 15) is 4.79 Å². The zero-order valence-corrected chi connectivity index (χ0v) is 16.9. The van der Waals surface area contributed by atoms with Gasteiger partial charge >= 0.3 is 0 Å². The maximum atomic E-state index is 12.3. The van der Waals surface area contributed by atoms with Crippen LogP contribution in [0.2, 0.25) is 5.02 Å². The summed E-state index contributed by atoms with van der Waals surface area (Å²) < 4.78 is 10.9. The molecule has 148 valence electrons. The average molecular weight is 414 g/mol. The fourth-order valence-electron chi connectivity index (χ4n) is 3.26. The summed E-state index contributed by atoms with van der Waals surface area (Å²) in [4.78, 5) is 16.7. The molecule has 6 nitrogen and oxygen atoms in total. The van der Waals surface area contributed by atoms with Crippen LogP contribution in [-0.4, -0.2) is 44.2 Å². The molecule has 0 aliphatic carbocycles. The number of hydrogen-bond acceptors (Lipinski definition) is 5. The molecule has 2 heterocycles. The largest absolute Gasteiger partial charge is 0.444 e. The molecule has 0 saturated carbocycles. The van der Waals surface area contributed by atoms with E-state index >= 15 is 0 Å². The summed E-state index contributed by atoms with van der Waals surface area (Å²) in [5.41, 5.74) is 1.45. The molecule has 1 saturated heterocycles. The Hall–Kier alpha value is -1.60. The van der Waals surface area contributed by atoms with Crippen molar-refractivity contribution in [3.63, 3.8) is 0 Å². The van der Waals surface area contributed by atoms with Gasteiger partial charge in [0, 0.05) is 29.7 Å². The molecule has 0 radical (unpaired) electrons. The predicted molar refractivity (Wildman–Crippen MR) is 107 cm³/mol. The van der Waals surface area contributed by atoms with Crippen LogP contribution in [0.3, 0.4) is 0 Å². The number of ether oxygens (including phenoxy) is 1. The summed E-state index contributed by atoms with van der Waals surface area (Å²) in [6.07, 6.45) is 3.70. The number of amides is 1. The molecular formula is C19H25Cl2N3O3. The second kappa shape index (κ2) is 10.1. The molecule has 0 bridgehead atoms. The number of benzene rings is 1. The number of nitrogens with zero attached hydrogens (tertiary/aromatic N) is 1. The average Bonchev–Trinajstić information content (AvgIpc) is 3.10. The minimum atomic E-state index is -0.0602. The first-order chi connectivity index (χ1) is 12.6. The minimum Gasteiger partial charge on any atom is -0.444 e. The number of halogens is 2. The zero-order chi connectivity index (χ0) is 18.4. The Kier molecular flexibility index (Phi) is 8.10. The topological polar surface area (TPSA) is 76.4 Å². The fraction of sp³-hybridized carbons (Fsp3) is 0.474. The van der Waals surface area contributed by atoms with E-state index in [2.05, 4.69) is 15.6 Å². The van der Waals surface area contributed by atoms with Gasteiger partial charge in [-0.1, -0.05) is 11.6 Å². The highest BCUT2D eigenvalue weighted by atomic mass is 35.5. The van der Waals surface area contributed by atoms with Crippen LogP contribution in [0.4, 0.5) is 0 Å². The van der Waals surface area contributed by atoms with Crippen molar-refractivity contribution in [3.05, 3.63) is 41.2 Å². The first-order valence-corrected chi connectivity index (χ1v) is 9.15. The van der Waals surface area contributed by atoms with Crippen molar-refractivity contribution in [1.82, 2.24) is 15.6 Å². The number of rotatable bonds is 7. The Morgan fingerprint density at radius 2 is 2.04 bits per heavy atom. The first kappa shape index (κ1) is 21.7. The highest BCUT2D eigenvalue weighted by Gasteiger charge is 2.32. The first-order valence-electron chi connectivity index (χ1n) is 8.77. The van der Waals surface area contributed by atoms with E-state index in [-0.39, 0.29) is 30.2 Å². The lowest BCUT2D eigenvalue weighted by Crippen LogP contribution is -2.47. The maximum absolute atomic E-state index is 12.3. The summed E-state index contributed by atoms with van der Waals surface area (Å²) in [7, 11) is 1.71. The molecule has 27 heavy (non-hydrogen) atoms. The molecule has 0 atom stereocenters. The highest BCUT2D eigenvalue weighted by Crippen LogP contribution is 2.28. The van der Waals surface area contributed by atoms with Gasteiger partial charge in [-0.3, -0.25) is 4.79 Å². The molecular weight excluding hydrogens is 389 g/mol. The normalized spacial score (nSPS) is 15.8. The van der Waals surface area contributed by atoms with Crippen LogP contribution in [-0.2, 0) is 16.0 Å². The molecule has 1 fully saturated rings. The zero-order valence-electron chi connectivity index (χ0n) is 15.3. The van der Waals surface area contributed by atoms with Gasteiger partial charge in [-0.2, -0.15) is 0 Å². The van der Waals surface area contributed by atoms with E-state index in [4.69, 9.17) is 20.8 Å². The second-order valence-electron chi connectivity index (χ2n) is 6.79. The minimum absolute atomic E-state index is 0. The van der Waals surface area contributed by atoms with E-state index in [0.717, 1.165) is 31.5 Å². The Morgan fingerprint density at radius 3 is 2.70 bits per heavy atom. The summed E-state index contributed by atoms with van der Waals surface area (Å²) >= 11 is 5.89. The number of aromatic nitrogens is 1. The van der Waals surface area contributed by atoms with Gasteiger partial charge in [0.2, 0.25) is 11.8 Å². The van der Waals surface area contributed by atoms with Gasteiger partial charge in [0.15, 0.2) is 0 Å². The number of hydrogen-bond donors (Lipinski definition) is 2. The summed E-state index contributed by atoms with van der Waals surface area (Å²) in [6, 6.07) is 7.23. The van der Waals surface area contributed by atoms with Gasteiger partial charge in [-0.15, -0.1) is 12.4 Å².